The molecule has 1 aromatic carbocycles. The molecule has 2 N–H and O–H groups in total. The van der Waals surface area contributed by atoms with Crippen LogP contribution in [0.15, 0.2) is 24.3 Å². The fourth-order valence-corrected chi connectivity index (χ4v) is 1.94. The van der Waals surface area contributed by atoms with Crippen molar-refractivity contribution in [1.82, 2.24) is 10.6 Å². The molecule has 0 spiro atoms. The predicted octanol–water partition coefficient (Wildman–Crippen LogP) is 1.67. The molecule has 2 rings (SSSR count). The number of halogens is 1. The van der Waals surface area contributed by atoms with Crippen LogP contribution in [-0.2, 0) is 6.54 Å². The Kier molecular flexibility index (Phi) is 3.69. The van der Waals surface area contributed by atoms with Gasteiger partial charge in [-0.15, -0.1) is 0 Å². The topological polar surface area (TPSA) is 24.1 Å². The maximum atomic E-state index is 12.9. The summed E-state index contributed by atoms with van der Waals surface area (Å²) >= 11 is 0. The van der Waals surface area contributed by atoms with Crippen molar-refractivity contribution in [2.75, 3.05) is 13.1 Å². The number of piperidine rings is 1. The second kappa shape index (κ2) is 5.24. The molecule has 1 aliphatic heterocycles. The van der Waals surface area contributed by atoms with Crippen LogP contribution in [0, 0.1) is 5.82 Å². The van der Waals surface area contributed by atoms with E-state index in [0.29, 0.717) is 6.04 Å². The normalized spacial score (nSPS) is 21.5. The van der Waals surface area contributed by atoms with Crippen molar-refractivity contribution in [2.24, 2.45) is 0 Å². The molecule has 1 saturated heterocycles. The first kappa shape index (κ1) is 10.6. The van der Waals surface area contributed by atoms with Crippen LogP contribution in [0.5, 0.6) is 0 Å². The van der Waals surface area contributed by atoms with E-state index >= 15 is 0 Å². The Morgan fingerprint density at radius 2 is 2.40 bits per heavy atom. The van der Waals surface area contributed by atoms with Crippen LogP contribution in [0.25, 0.3) is 0 Å². The van der Waals surface area contributed by atoms with Gasteiger partial charge >= 0.3 is 0 Å². The summed E-state index contributed by atoms with van der Waals surface area (Å²) in [6.07, 6.45) is 2.43. The number of hydrogen-bond donors (Lipinski definition) is 2. The Balaban J connectivity index is 1.81. The molecule has 1 fully saturated rings. The van der Waals surface area contributed by atoms with E-state index in [4.69, 9.17) is 0 Å². The summed E-state index contributed by atoms with van der Waals surface area (Å²) in [5.74, 6) is -0.156. The summed E-state index contributed by atoms with van der Waals surface area (Å²) in [6.45, 7) is 2.90. The minimum atomic E-state index is -0.156. The van der Waals surface area contributed by atoms with E-state index in [-0.39, 0.29) is 5.82 Å². The van der Waals surface area contributed by atoms with E-state index < -0.39 is 0 Å². The highest BCUT2D eigenvalue weighted by Gasteiger charge is 2.11. The molecule has 2 nitrogen and oxygen atoms in total. The lowest BCUT2D eigenvalue weighted by molar-refractivity contribution is 0.389. The third-order valence-electron chi connectivity index (χ3n) is 2.78. The van der Waals surface area contributed by atoms with Gasteiger partial charge in [0.25, 0.3) is 0 Å². The van der Waals surface area contributed by atoms with Crippen molar-refractivity contribution in [3.63, 3.8) is 0 Å². The molecule has 3 heteroatoms. The van der Waals surface area contributed by atoms with Crippen molar-refractivity contribution in [1.29, 1.82) is 0 Å². The lowest BCUT2D eigenvalue weighted by Crippen LogP contribution is -2.42. The zero-order valence-electron chi connectivity index (χ0n) is 8.80. The molecular weight excluding hydrogens is 191 g/mol. The zero-order valence-corrected chi connectivity index (χ0v) is 8.80. The average Bonchev–Trinajstić information content (AvgIpc) is 2.28. The van der Waals surface area contributed by atoms with Gasteiger partial charge < -0.3 is 10.6 Å². The maximum Gasteiger partial charge on any atom is 0.123 e. The van der Waals surface area contributed by atoms with Gasteiger partial charge in [-0.25, -0.2) is 4.39 Å². The molecule has 0 aromatic heterocycles. The van der Waals surface area contributed by atoms with Crippen LogP contribution in [0.4, 0.5) is 4.39 Å². The molecule has 0 unspecified atom stereocenters. The first-order chi connectivity index (χ1) is 7.34. The summed E-state index contributed by atoms with van der Waals surface area (Å²) in [5, 5.41) is 6.78. The van der Waals surface area contributed by atoms with Crippen LogP contribution < -0.4 is 10.6 Å². The fourth-order valence-electron chi connectivity index (χ4n) is 1.94. The molecule has 0 radical (unpaired) electrons. The predicted molar refractivity (Wildman–Crippen MR) is 59.1 cm³/mol. The van der Waals surface area contributed by atoms with E-state index in [1.807, 2.05) is 6.07 Å². The standard InChI is InChI=1S/C12H17FN2/c13-11-4-1-3-10(7-11)8-15-12-5-2-6-14-9-12/h1,3-4,7,12,14-15H,2,5-6,8-9H2/t12-/m0/s1. The van der Waals surface area contributed by atoms with E-state index in [1.165, 1.54) is 18.9 Å². The Morgan fingerprint density at radius 3 is 3.13 bits per heavy atom. The second-order valence-electron chi connectivity index (χ2n) is 4.05. The van der Waals surface area contributed by atoms with Gasteiger partial charge in [0.2, 0.25) is 0 Å². The smallest absolute Gasteiger partial charge is 0.123 e. The molecule has 1 heterocycles. The molecule has 1 aliphatic rings. The number of rotatable bonds is 3. The molecule has 1 aromatic rings. The summed E-state index contributed by atoms with van der Waals surface area (Å²) in [6, 6.07) is 7.30. The van der Waals surface area contributed by atoms with Gasteiger partial charge in [-0.3, -0.25) is 0 Å². The summed E-state index contributed by atoms with van der Waals surface area (Å²) < 4.78 is 12.9. The molecule has 82 valence electrons. The highest BCUT2D eigenvalue weighted by molar-refractivity contribution is 5.16. The quantitative estimate of drug-likeness (QED) is 0.789. The van der Waals surface area contributed by atoms with Crippen LogP contribution in [-0.4, -0.2) is 19.1 Å². The third-order valence-corrected chi connectivity index (χ3v) is 2.78. The van der Waals surface area contributed by atoms with Crippen LogP contribution in [0.2, 0.25) is 0 Å². The molecule has 0 aliphatic carbocycles. The monoisotopic (exact) mass is 208 g/mol. The lowest BCUT2D eigenvalue weighted by Gasteiger charge is -2.23. The van der Waals surface area contributed by atoms with Crippen LogP contribution in [0.3, 0.4) is 0 Å². The summed E-state index contributed by atoms with van der Waals surface area (Å²) in [7, 11) is 0. The minimum absolute atomic E-state index is 0.156. The molecule has 0 bridgehead atoms. The van der Waals surface area contributed by atoms with Crippen molar-refractivity contribution in [3.8, 4) is 0 Å². The van der Waals surface area contributed by atoms with Crippen molar-refractivity contribution in [3.05, 3.63) is 35.6 Å². The largest absolute Gasteiger partial charge is 0.315 e. The molecule has 0 amide bonds. The fraction of sp³-hybridized carbons (Fsp3) is 0.500. The summed E-state index contributed by atoms with van der Waals surface area (Å²) in [5.41, 5.74) is 1.01. The van der Waals surface area contributed by atoms with Crippen molar-refractivity contribution < 1.29 is 4.39 Å². The number of benzene rings is 1. The van der Waals surface area contributed by atoms with Gasteiger partial charge in [0.1, 0.15) is 5.82 Å². The lowest BCUT2D eigenvalue weighted by atomic mass is 10.1. The highest BCUT2D eigenvalue weighted by Crippen LogP contribution is 2.06. The Labute approximate surface area is 89.9 Å². The maximum absolute atomic E-state index is 12.9. The summed E-state index contributed by atoms with van der Waals surface area (Å²) in [4.78, 5) is 0. The van der Waals surface area contributed by atoms with Crippen molar-refractivity contribution >= 4 is 0 Å². The van der Waals surface area contributed by atoms with E-state index in [0.717, 1.165) is 25.2 Å². The first-order valence-electron chi connectivity index (χ1n) is 5.53. The molecule has 0 saturated carbocycles. The highest BCUT2D eigenvalue weighted by atomic mass is 19.1. The Hall–Kier alpha value is -0.930. The second-order valence-corrected chi connectivity index (χ2v) is 4.05. The van der Waals surface area contributed by atoms with Gasteiger partial charge in [0.15, 0.2) is 0 Å². The van der Waals surface area contributed by atoms with Gasteiger partial charge in [-0.05, 0) is 37.1 Å². The first-order valence-corrected chi connectivity index (χ1v) is 5.53. The van der Waals surface area contributed by atoms with Gasteiger partial charge in [-0.2, -0.15) is 0 Å². The molecule has 1 atom stereocenters. The SMILES string of the molecule is Fc1cccc(CN[C@H]2CCCNC2)c1. The van der Waals surface area contributed by atoms with E-state index in [1.54, 1.807) is 12.1 Å². The Morgan fingerprint density at radius 1 is 1.47 bits per heavy atom. The van der Waals surface area contributed by atoms with Crippen LogP contribution in [0.1, 0.15) is 18.4 Å². The van der Waals surface area contributed by atoms with E-state index in [2.05, 4.69) is 10.6 Å². The molecule has 15 heavy (non-hydrogen) atoms. The number of nitrogens with one attached hydrogen (secondary N) is 2. The number of hydrogen-bond acceptors (Lipinski definition) is 2. The zero-order chi connectivity index (χ0) is 10.5. The minimum Gasteiger partial charge on any atom is -0.315 e. The average molecular weight is 208 g/mol. The van der Waals surface area contributed by atoms with Crippen molar-refractivity contribution in [2.45, 2.75) is 25.4 Å². The Bertz CT molecular complexity index is 308. The van der Waals surface area contributed by atoms with Gasteiger partial charge in [0, 0.05) is 19.1 Å². The van der Waals surface area contributed by atoms with Crippen LogP contribution >= 0.6 is 0 Å². The molecular formula is C12H17FN2. The third kappa shape index (κ3) is 3.29. The van der Waals surface area contributed by atoms with Gasteiger partial charge in [0.05, 0.1) is 0 Å². The van der Waals surface area contributed by atoms with Gasteiger partial charge in [-0.1, -0.05) is 12.1 Å². The van der Waals surface area contributed by atoms with E-state index in [9.17, 15) is 4.39 Å².